The zero-order chi connectivity index (χ0) is 16.7. The molecule has 1 aromatic carbocycles. The Kier molecular flexibility index (Phi) is 3.62. The van der Waals surface area contributed by atoms with Crippen molar-refractivity contribution < 1.29 is 14.3 Å². The highest BCUT2D eigenvalue weighted by atomic mass is 16.5. The van der Waals surface area contributed by atoms with Crippen molar-refractivity contribution in [2.24, 2.45) is 10.9 Å². The second-order valence-corrected chi connectivity index (χ2v) is 6.73. The van der Waals surface area contributed by atoms with Gasteiger partial charge in [0.2, 0.25) is 0 Å². The predicted molar refractivity (Wildman–Crippen MR) is 92.0 cm³/mol. The molecule has 0 bridgehead atoms. The molecule has 3 aliphatic rings. The van der Waals surface area contributed by atoms with Crippen LogP contribution in [0.1, 0.15) is 25.3 Å². The maximum atomic E-state index is 12.0. The Balaban J connectivity index is 1.67. The van der Waals surface area contributed by atoms with E-state index in [9.17, 15) is 4.79 Å². The molecule has 1 spiro atoms. The molecule has 1 saturated carbocycles. The lowest BCUT2D eigenvalue weighted by atomic mass is 9.85. The summed E-state index contributed by atoms with van der Waals surface area (Å²) in [6.45, 7) is 4.12. The van der Waals surface area contributed by atoms with E-state index >= 15 is 0 Å². The molecule has 128 valence electrons. The summed E-state index contributed by atoms with van der Waals surface area (Å²) in [4.78, 5) is 18.0. The minimum absolute atomic E-state index is 0.157. The first-order chi connectivity index (χ1) is 11.7. The van der Waals surface area contributed by atoms with E-state index in [0.29, 0.717) is 18.5 Å². The van der Waals surface area contributed by atoms with Gasteiger partial charge in [0, 0.05) is 23.2 Å². The van der Waals surface area contributed by atoms with Gasteiger partial charge in [-0.1, -0.05) is 0 Å². The average Bonchev–Trinajstić information content (AvgIpc) is 3.07. The Morgan fingerprint density at radius 3 is 3.12 bits per heavy atom. The third-order valence-corrected chi connectivity index (χ3v) is 5.63. The Hall–Kier alpha value is -2.24. The minimum Gasteiger partial charge on any atom is -0.493 e. The monoisotopic (exact) mass is 329 g/mol. The molecule has 1 N–H and O–H groups in total. The van der Waals surface area contributed by atoms with Crippen LogP contribution in [-0.4, -0.2) is 45.3 Å². The van der Waals surface area contributed by atoms with Crippen LogP contribution in [0.2, 0.25) is 0 Å². The van der Waals surface area contributed by atoms with Crippen molar-refractivity contribution in [3.63, 3.8) is 0 Å². The van der Waals surface area contributed by atoms with Crippen molar-refractivity contribution in [2.75, 3.05) is 31.7 Å². The van der Waals surface area contributed by atoms with Crippen molar-refractivity contribution in [2.45, 2.75) is 31.2 Å². The topological polar surface area (TPSA) is 63.2 Å². The SMILES string of the molecule is CCN(C(=O)OC)c1ccc2c(c1)[C@]1(CCO2)C[C@H]1C1CN=CN1. The maximum Gasteiger partial charge on any atom is 0.413 e. The standard InChI is InChI=1S/C18H23N3O3/c1-3-21(17(22)23-2)12-4-5-16-13(8-12)18(6-7-24-16)9-14(18)15-10-19-11-20-15/h4-5,8,11,14-15H,3,6-7,9-10H2,1-2H3,(H,19,20)/t14-,15?,18-/m0/s1. The highest BCUT2D eigenvalue weighted by molar-refractivity contribution is 5.87. The number of nitrogens with zero attached hydrogens (tertiary/aromatic N) is 2. The van der Waals surface area contributed by atoms with Gasteiger partial charge in [-0.05, 0) is 43.9 Å². The van der Waals surface area contributed by atoms with Gasteiger partial charge in [-0.25, -0.2) is 4.79 Å². The van der Waals surface area contributed by atoms with Gasteiger partial charge in [0.1, 0.15) is 5.75 Å². The van der Waals surface area contributed by atoms with E-state index in [1.54, 1.807) is 4.90 Å². The summed E-state index contributed by atoms with van der Waals surface area (Å²) in [5.41, 5.74) is 2.26. The van der Waals surface area contributed by atoms with Crippen LogP contribution in [0.25, 0.3) is 0 Å². The number of ether oxygens (including phenoxy) is 2. The highest BCUT2D eigenvalue weighted by Crippen LogP contribution is 2.62. The molecule has 1 unspecified atom stereocenters. The molecule has 4 rings (SSSR count). The molecule has 1 fully saturated rings. The molecule has 6 heteroatoms. The zero-order valence-corrected chi connectivity index (χ0v) is 14.1. The maximum absolute atomic E-state index is 12.0. The third-order valence-electron chi connectivity index (χ3n) is 5.63. The molecule has 1 aromatic rings. The lowest BCUT2D eigenvalue weighted by Gasteiger charge is -2.30. The summed E-state index contributed by atoms with van der Waals surface area (Å²) in [6.07, 6.45) is 3.67. The van der Waals surface area contributed by atoms with Gasteiger partial charge in [0.05, 0.1) is 32.6 Å². The van der Waals surface area contributed by atoms with Crippen LogP contribution in [-0.2, 0) is 10.2 Å². The van der Waals surface area contributed by atoms with Gasteiger partial charge in [0.25, 0.3) is 0 Å². The van der Waals surface area contributed by atoms with Crippen molar-refractivity contribution >= 4 is 18.1 Å². The number of amides is 1. The summed E-state index contributed by atoms with van der Waals surface area (Å²) < 4.78 is 10.8. The summed E-state index contributed by atoms with van der Waals surface area (Å²) in [6, 6.07) is 6.46. The molecule has 6 nitrogen and oxygen atoms in total. The molecule has 24 heavy (non-hydrogen) atoms. The Labute approximate surface area is 141 Å². The third kappa shape index (κ3) is 2.24. The molecular formula is C18H23N3O3. The summed E-state index contributed by atoms with van der Waals surface area (Å²) >= 11 is 0. The number of benzene rings is 1. The first-order valence-corrected chi connectivity index (χ1v) is 8.57. The summed E-state index contributed by atoms with van der Waals surface area (Å²) in [5, 5.41) is 3.38. The van der Waals surface area contributed by atoms with Crippen LogP contribution in [0.5, 0.6) is 5.75 Å². The van der Waals surface area contributed by atoms with E-state index in [0.717, 1.165) is 37.4 Å². The molecule has 0 saturated heterocycles. The van der Waals surface area contributed by atoms with E-state index in [4.69, 9.17) is 9.47 Å². The molecule has 0 radical (unpaired) electrons. The quantitative estimate of drug-likeness (QED) is 0.924. The largest absolute Gasteiger partial charge is 0.493 e. The molecule has 0 aromatic heterocycles. The average molecular weight is 329 g/mol. The molecule has 2 aliphatic heterocycles. The number of nitrogens with one attached hydrogen (secondary N) is 1. The van der Waals surface area contributed by atoms with Crippen molar-refractivity contribution in [3.05, 3.63) is 23.8 Å². The molecule has 1 aliphatic carbocycles. The van der Waals surface area contributed by atoms with E-state index in [-0.39, 0.29) is 11.5 Å². The fourth-order valence-electron chi connectivity index (χ4n) is 4.27. The fraction of sp³-hybridized carbons (Fsp3) is 0.556. The van der Waals surface area contributed by atoms with Crippen LogP contribution in [0.4, 0.5) is 10.5 Å². The van der Waals surface area contributed by atoms with Gasteiger partial charge in [-0.3, -0.25) is 9.89 Å². The van der Waals surface area contributed by atoms with Crippen LogP contribution in [0.3, 0.4) is 0 Å². The number of methoxy groups -OCH3 is 1. The van der Waals surface area contributed by atoms with E-state index in [1.165, 1.54) is 12.7 Å². The molecule has 1 amide bonds. The number of carbonyl (C=O) groups is 1. The van der Waals surface area contributed by atoms with Gasteiger partial charge >= 0.3 is 6.09 Å². The van der Waals surface area contributed by atoms with Gasteiger partial charge < -0.3 is 14.8 Å². The normalized spacial score (nSPS) is 29.6. The van der Waals surface area contributed by atoms with Crippen LogP contribution in [0, 0.1) is 5.92 Å². The van der Waals surface area contributed by atoms with Crippen LogP contribution >= 0.6 is 0 Å². The minimum atomic E-state index is -0.332. The number of carbonyl (C=O) groups excluding carboxylic acids is 1. The van der Waals surface area contributed by atoms with Crippen LogP contribution in [0.15, 0.2) is 23.2 Å². The smallest absolute Gasteiger partial charge is 0.413 e. The van der Waals surface area contributed by atoms with E-state index < -0.39 is 0 Å². The summed E-state index contributed by atoms with van der Waals surface area (Å²) in [7, 11) is 1.41. The van der Waals surface area contributed by atoms with E-state index in [1.807, 2.05) is 25.4 Å². The Bertz CT molecular complexity index is 682. The van der Waals surface area contributed by atoms with Crippen molar-refractivity contribution in [3.8, 4) is 5.75 Å². The number of aliphatic imine (C=N–C) groups is 1. The second kappa shape index (κ2) is 5.69. The second-order valence-electron chi connectivity index (χ2n) is 6.73. The number of fused-ring (bicyclic) bond motifs is 2. The van der Waals surface area contributed by atoms with Crippen LogP contribution < -0.4 is 15.0 Å². The molecule has 3 atom stereocenters. The predicted octanol–water partition coefficient (Wildman–Crippen LogP) is 2.32. The molecular weight excluding hydrogens is 306 g/mol. The number of rotatable bonds is 3. The van der Waals surface area contributed by atoms with Gasteiger partial charge in [-0.15, -0.1) is 0 Å². The lowest BCUT2D eigenvalue weighted by molar-refractivity contribution is 0.179. The van der Waals surface area contributed by atoms with Gasteiger partial charge in [0.15, 0.2) is 0 Å². The number of hydrogen-bond donors (Lipinski definition) is 1. The zero-order valence-electron chi connectivity index (χ0n) is 14.1. The lowest BCUT2D eigenvalue weighted by Crippen LogP contribution is -2.34. The number of anilines is 1. The highest BCUT2D eigenvalue weighted by Gasteiger charge is 2.60. The van der Waals surface area contributed by atoms with Crippen molar-refractivity contribution in [1.82, 2.24) is 5.32 Å². The van der Waals surface area contributed by atoms with Crippen molar-refractivity contribution in [1.29, 1.82) is 0 Å². The first-order valence-electron chi connectivity index (χ1n) is 8.57. The summed E-state index contributed by atoms with van der Waals surface area (Å²) in [5.74, 6) is 1.53. The Morgan fingerprint density at radius 2 is 2.42 bits per heavy atom. The van der Waals surface area contributed by atoms with Gasteiger partial charge in [-0.2, -0.15) is 0 Å². The number of hydrogen-bond acceptors (Lipinski definition) is 5. The first kappa shape index (κ1) is 15.3. The Morgan fingerprint density at radius 1 is 1.54 bits per heavy atom. The molecule has 2 heterocycles. The fourth-order valence-corrected chi connectivity index (χ4v) is 4.27. The van der Waals surface area contributed by atoms with E-state index in [2.05, 4.69) is 16.4 Å².